The molecule has 0 spiro atoms. The summed E-state index contributed by atoms with van der Waals surface area (Å²) in [6.07, 6.45) is 4.35. The molecular formula is C12H21ClN4. The average molecular weight is 257 g/mol. The fourth-order valence-electron chi connectivity index (χ4n) is 2.18. The van der Waals surface area contributed by atoms with Crippen molar-refractivity contribution in [2.75, 3.05) is 27.7 Å². The summed E-state index contributed by atoms with van der Waals surface area (Å²) in [6.45, 7) is 1.87. The quantitative estimate of drug-likeness (QED) is 0.842. The number of rotatable bonds is 6. The first-order valence-corrected chi connectivity index (χ1v) is 6.54. The number of aromatic nitrogens is 2. The van der Waals surface area contributed by atoms with Crippen molar-refractivity contribution in [3.05, 3.63) is 16.9 Å². The van der Waals surface area contributed by atoms with Crippen LogP contribution in [-0.2, 0) is 6.54 Å². The third-order valence-electron chi connectivity index (χ3n) is 3.29. The van der Waals surface area contributed by atoms with E-state index in [2.05, 4.69) is 29.4 Å². The van der Waals surface area contributed by atoms with Crippen molar-refractivity contribution in [2.24, 2.45) is 5.92 Å². The lowest BCUT2D eigenvalue weighted by Crippen LogP contribution is -2.25. The Balaban J connectivity index is 2.15. The van der Waals surface area contributed by atoms with Gasteiger partial charge in [0, 0.05) is 6.54 Å². The normalized spacial score (nSPS) is 17.7. The van der Waals surface area contributed by atoms with E-state index in [0.717, 1.165) is 29.7 Å². The van der Waals surface area contributed by atoms with Crippen molar-refractivity contribution in [3.63, 3.8) is 0 Å². The number of hydrogen-bond donors (Lipinski definition) is 1. The van der Waals surface area contributed by atoms with Gasteiger partial charge < -0.3 is 10.2 Å². The maximum absolute atomic E-state index is 6.27. The Labute approximate surface area is 108 Å². The molecule has 1 unspecified atom stereocenters. The zero-order valence-corrected chi connectivity index (χ0v) is 11.5. The Morgan fingerprint density at radius 2 is 2.29 bits per heavy atom. The second-order valence-corrected chi connectivity index (χ2v) is 5.42. The van der Waals surface area contributed by atoms with Crippen LogP contribution in [0.1, 0.15) is 24.6 Å². The van der Waals surface area contributed by atoms with Crippen molar-refractivity contribution in [1.82, 2.24) is 20.0 Å². The molecule has 0 saturated heterocycles. The summed E-state index contributed by atoms with van der Waals surface area (Å²) >= 11 is 6.27. The molecule has 1 saturated carbocycles. The number of hydrogen-bond acceptors (Lipinski definition) is 3. The number of halogens is 1. The van der Waals surface area contributed by atoms with Crippen LogP contribution in [0.3, 0.4) is 0 Å². The van der Waals surface area contributed by atoms with Gasteiger partial charge in [0.05, 0.1) is 29.5 Å². The number of likely N-dealkylation sites (N-methyl/N-ethyl adjacent to an activating group) is 1. The van der Waals surface area contributed by atoms with Gasteiger partial charge in [0.1, 0.15) is 0 Å². The van der Waals surface area contributed by atoms with Gasteiger partial charge in [0.2, 0.25) is 0 Å². The highest BCUT2D eigenvalue weighted by atomic mass is 35.5. The monoisotopic (exact) mass is 256 g/mol. The smallest absolute Gasteiger partial charge is 0.0834 e. The Hall–Kier alpha value is -0.580. The van der Waals surface area contributed by atoms with Gasteiger partial charge in [-0.1, -0.05) is 11.6 Å². The summed E-state index contributed by atoms with van der Waals surface area (Å²) in [4.78, 5) is 2.16. The second kappa shape index (κ2) is 5.38. The molecule has 1 aliphatic rings. The highest BCUT2D eigenvalue weighted by Gasteiger charge is 2.34. The molecule has 5 heteroatoms. The Kier molecular flexibility index (Phi) is 4.07. The standard InChI is InChI=1S/C12H21ClN4/c1-14-11(9-4-5-9)12-10(13)8-15-17(12)7-6-16(2)3/h8-9,11,14H,4-7H2,1-3H3. The number of nitrogens with one attached hydrogen (secondary N) is 1. The van der Waals surface area contributed by atoms with Gasteiger partial charge >= 0.3 is 0 Å². The molecule has 1 aliphatic carbocycles. The highest BCUT2D eigenvalue weighted by Crippen LogP contribution is 2.42. The van der Waals surface area contributed by atoms with Crippen LogP contribution in [0, 0.1) is 5.92 Å². The van der Waals surface area contributed by atoms with Crippen LogP contribution in [-0.4, -0.2) is 42.4 Å². The SMILES string of the molecule is CNC(c1c(Cl)cnn1CCN(C)C)C1CC1. The van der Waals surface area contributed by atoms with Gasteiger partial charge in [-0.3, -0.25) is 4.68 Å². The third-order valence-corrected chi connectivity index (χ3v) is 3.58. The summed E-state index contributed by atoms with van der Waals surface area (Å²) in [5, 5.41) is 8.55. The van der Waals surface area contributed by atoms with Crippen LogP contribution < -0.4 is 5.32 Å². The molecule has 1 aromatic rings. The first-order valence-electron chi connectivity index (χ1n) is 6.16. The van der Waals surface area contributed by atoms with Crippen molar-refractivity contribution < 1.29 is 0 Å². The van der Waals surface area contributed by atoms with Crippen LogP contribution in [0.25, 0.3) is 0 Å². The predicted octanol–water partition coefficient (Wildman–Crippen LogP) is 1.77. The maximum atomic E-state index is 6.27. The summed E-state index contributed by atoms with van der Waals surface area (Å²) in [7, 11) is 6.14. The van der Waals surface area contributed by atoms with E-state index < -0.39 is 0 Å². The zero-order valence-electron chi connectivity index (χ0n) is 10.8. The minimum absolute atomic E-state index is 0.354. The van der Waals surface area contributed by atoms with E-state index in [4.69, 9.17) is 11.6 Å². The lowest BCUT2D eigenvalue weighted by Gasteiger charge is -2.19. The molecule has 2 rings (SSSR count). The van der Waals surface area contributed by atoms with Crippen LogP contribution >= 0.6 is 11.6 Å². The third kappa shape index (κ3) is 3.00. The lowest BCUT2D eigenvalue weighted by molar-refractivity contribution is 0.360. The molecule has 1 fully saturated rings. The summed E-state index contributed by atoms with van der Waals surface area (Å²) < 4.78 is 2.04. The van der Waals surface area contributed by atoms with E-state index in [1.165, 1.54) is 12.8 Å². The van der Waals surface area contributed by atoms with Crippen LogP contribution in [0.4, 0.5) is 0 Å². The Bertz CT molecular complexity index is 371. The Morgan fingerprint density at radius 1 is 1.59 bits per heavy atom. The Morgan fingerprint density at radius 3 is 2.82 bits per heavy atom. The fraction of sp³-hybridized carbons (Fsp3) is 0.750. The molecule has 1 heterocycles. The van der Waals surface area contributed by atoms with Crippen LogP contribution in [0.5, 0.6) is 0 Å². The molecule has 96 valence electrons. The van der Waals surface area contributed by atoms with E-state index in [1.807, 2.05) is 11.7 Å². The van der Waals surface area contributed by atoms with E-state index in [9.17, 15) is 0 Å². The average Bonchev–Trinajstić information content (AvgIpc) is 3.04. The summed E-state index contributed by atoms with van der Waals surface area (Å²) in [6, 6.07) is 0.354. The van der Waals surface area contributed by atoms with E-state index in [-0.39, 0.29) is 0 Å². The molecule has 0 bridgehead atoms. The molecule has 4 nitrogen and oxygen atoms in total. The number of nitrogens with zero attached hydrogens (tertiary/aromatic N) is 3. The molecule has 1 aromatic heterocycles. The zero-order chi connectivity index (χ0) is 12.4. The van der Waals surface area contributed by atoms with Crippen LogP contribution in [0.2, 0.25) is 5.02 Å². The van der Waals surface area contributed by atoms with E-state index in [1.54, 1.807) is 6.20 Å². The van der Waals surface area contributed by atoms with Gasteiger partial charge in [0.25, 0.3) is 0 Å². The lowest BCUT2D eigenvalue weighted by atomic mass is 10.1. The maximum Gasteiger partial charge on any atom is 0.0834 e. The molecule has 17 heavy (non-hydrogen) atoms. The summed E-state index contributed by atoms with van der Waals surface area (Å²) in [5.41, 5.74) is 1.15. The topological polar surface area (TPSA) is 33.1 Å². The molecule has 0 aliphatic heterocycles. The first kappa shape index (κ1) is 12.9. The minimum atomic E-state index is 0.354. The molecule has 0 radical (unpaired) electrons. The predicted molar refractivity (Wildman–Crippen MR) is 70.3 cm³/mol. The first-order chi connectivity index (χ1) is 8.13. The van der Waals surface area contributed by atoms with E-state index >= 15 is 0 Å². The van der Waals surface area contributed by atoms with Crippen molar-refractivity contribution in [2.45, 2.75) is 25.4 Å². The van der Waals surface area contributed by atoms with Crippen molar-refractivity contribution in [1.29, 1.82) is 0 Å². The van der Waals surface area contributed by atoms with Gasteiger partial charge in [-0.15, -0.1) is 0 Å². The fourth-order valence-corrected chi connectivity index (χ4v) is 2.44. The molecule has 0 aromatic carbocycles. The molecule has 1 N–H and O–H groups in total. The van der Waals surface area contributed by atoms with Gasteiger partial charge in [-0.25, -0.2) is 0 Å². The minimum Gasteiger partial charge on any atom is -0.311 e. The van der Waals surface area contributed by atoms with Gasteiger partial charge in [-0.05, 0) is 39.9 Å². The largest absolute Gasteiger partial charge is 0.311 e. The molecular weight excluding hydrogens is 236 g/mol. The van der Waals surface area contributed by atoms with Crippen molar-refractivity contribution >= 4 is 11.6 Å². The van der Waals surface area contributed by atoms with Gasteiger partial charge in [-0.2, -0.15) is 5.10 Å². The van der Waals surface area contributed by atoms with Crippen LogP contribution in [0.15, 0.2) is 6.20 Å². The van der Waals surface area contributed by atoms with Crippen molar-refractivity contribution in [3.8, 4) is 0 Å². The summed E-state index contributed by atoms with van der Waals surface area (Å²) in [5.74, 6) is 0.729. The molecule has 1 atom stereocenters. The second-order valence-electron chi connectivity index (χ2n) is 5.01. The van der Waals surface area contributed by atoms with Gasteiger partial charge in [0.15, 0.2) is 0 Å². The highest BCUT2D eigenvalue weighted by molar-refractivity contribution is 6.31. The van der Waals surface area contributed by atoms with E-state index in [0.29, 0.717) is 6.04 Å². The molecule has 0 amide bonds.